The van der Waals surface area contributed by atoms with E-state index < -0.39 is 5.92 Å². The van der Waals surface area contributed by atoms with E-state index in [0.29, 0.717) is 21.8 Å². The number of nitrogens with one attached hydrogen (secondary N) is 2. The number of methoxy groups -OCH3 is 1. The van der Waals surface area contributed by atoms with Crippen molar-refractivity contribution >= 4 is 34.6 Å². The molecule has 0 amide bonds. The van der Waals surface area contributed by atoms with E-state index in [2.05, 4.69) is 11.2 Å². The number of Topliss-reactive ketones (excluding diaryl/α,β-unsaturated/α-hetero) is 1. The predicted octanol–water partition coefficient (Wildman–Crippen LogP) is 3.88. The highest BCUT2D eigenvalue weighted by Crippen LogP contribution is 2.39. The van der Waals surface area contributed by atoms with Gasteiger partial charge in [0.15, 0.2) is 5.78 Å². The Labute approximate surface area is 157 Å². The molecule has 0 saturated carbocycles. The lowest BCUT2D eigenvalue weighted by molar-refractivity contribution is -0.113. The topological polar surface area (TPSA) is 62.2 Å². The van der Waals surface area contributed by atoms with Crippen molar-refractivity contribution in [3.63, 3.8) is 0 Å². The minimum atomic E-state index is -0.445. The van der Waals surface area contributed by atoms with E-state index in [4.69, 9.17) is 22.4 Å². The van der Waals surface area contributed by atoms with E-state index in [-0.39, 0.29) is 5.78 Å². The maximum absolute atomic E-state index is 12.6. The summed E-state index contributed by atoms with van der Waals surface area (Å²) in [6.45, 7) is 1.53. The summed E-state index contributed by atoms with van der Waals surface area (Å²) in [4.78, 5) is 13.0. The Morgan fingerprint density at radius 1 is 1.15 bits per heavy atom. The van der Waals surface area contributed by atoms with E-state index in [1.807, 2.05) is 54.6 Å². The van der Waals surface area contributed by atoms with Gasteiger partial charge in [-0.05, 0) is 36.1 Å². The number of carbonyl (C=O) groups is 1. The standard InChI is InChI=1S/C21H18N2O2S/c1-13(24)18-19(14-8-10-16(25-2)11-9-14)17(12-22)21(26)23-20(18)15-6-4-3-5-7-15/h3-11,19,22H,1-2H3,(H,23,26). The number of allylic oxidation sites excluding steroid dienone is 1. The molecule has 2 N–H and O–H groups in total. The fourth-order valence-electron chi connectivity index (χ4n) is 3.14. The van der Waals surface area contributed by atoms with E-state index >= 15 is 0 Å². The van der Waals surface area contributed by atoms with Crippen molar-refractivity contribution in [2.45, 2.75) is 12.8 Å². The first kappa shape index (κ1) is 17.8. The largest absolute Gasteiger partial charge is 0.497 e. The van der Waals surface area contributed by atoms with Crippen LogP contribution in [-0.2, 0) is 4.79 Å². The summed E-state index contributed by atoms with van der Waals surface area (Å²) in [6, 6.07) is 17.0. The van der Waals surface area contributed by atoms with E-state index in [1.165, 1.54) is 6.92 Å². The molecule has 0 spiro atoms. The maximum Gasteiger partial charge on any atom is 0.158 e. The summed E-state index contributed by atoms with van der Waals surface area (Å²) < 4.78 is 5.22. The van der Waals surface area contributed by atoms with Crippen molar-refractivity contribution in [1.82, 2.24) is 5.32 Å². The van der Waals surface area contributed by atoms with Crippen LogP contribution in [0.3, 0.4) is 0 Å². The zero-order valence-electron chi connectivity index (χ0n) is 14.5. The van der Waals surface area contributed by atoms with E-state index in [1.54, 1.807) is 7.11 Å². The van der Waals surface area contributed by atoms with Crippen LogP contribution in [0.15, 0.2) is 65.7 Å². The predicted molar refractivity (Wildman–Crippen MR) is 107 cm³/mol. The van der Waals surface area contributed by atoms with Crippen LogP contribution in [0.5, 0.6) is 5.75 Å². The summed E-state index contributed by atoms with van der Waals surface area (Å²) in [5.74, 6) is 2.64. The normalized spacial score (nSPS) is 16.8. The summed E-state index contributed by atoms with van der Waals surface area (Å²) in [7, 11) is 1.60. The molecule has 1 atom stereocenters. The first-order chi connectivity index (χ1) is 12.6. The monoisotopic (exact) mass is 362 g/mol. The highest BCUT2D eigenvalue weighted by atomic mass is 32.1. The molecule has 1 heterocycles. The van der Waals surface area contributed by atoms with Gasteiger partial charge in [-0.3, -0.25) is 10.2 Å². The molecule has 1 aliphatic rings. The van der Waals surface area contributed by atoms with Gasteiger partial charge in [-0.1, -0.05) is 54.7 Å². The van der Waals surface area contributed by atoms with Crippen molar-refractivity contribution in [2.24, 2.45) is 0 Å². The van der Waals surface area contributed by atoms with Crippen molar-refractivity contribution < 1.29 is 9.53 Å². The number of benzene rings is 2. The van der Waals surface area contributed by atoms with Crippen LogP contribution in [0.4, 0.5) is 0 Å². The quantitative estimate of drug-likeness (QED) is 0.492. The van der Waals surface area contributed by atoms with Gasteiger partial charge in [0.05, 0.1) is 24.3 Å². The molecule has 2 aromatic rings. The average molecular weight is 362 g/mol. The smallest absolute Gasteiger partial charge is 0.158 e. The molecule has 3 rings (SSSR count). The Bertz CT molecular complexity index is 940. The maximum atomic E-state index is 12.6. The Hall–Kier alpha value is -3.01. The van der Waals surface area contributed by atoms with Gasteiger partial charge in [0, 0.05) is 5.57 Å². The van der Waals surface area contributed by atoms with Crippen LogP contribution >= 0.6 is 12.2 Å². The number of ether oxygens (including phenoxy) is 1. The van der Waals surface area contributed by atoms with Gasteiger partial charge >= 0.3 is 0 Å². The zero-order valence-corrected chi connectivity index (χ0v) is 15.3. The van der Waals surface area contributed by atoms with Gasteiger partial charge in [-0.15, -0.1) is 0 Å². The lowest BCUT2D eigenvalue weighted by atomic mass is 9.79. The number of rotatable bonds is 4. The minimum Gasteiger partial charge on any atom is -0.497 e. The third kappa shape index (κ3) is 3.23. The van der Waals surface area contributed by atoms with Crippen molar-refractivity contribution in [3.8, 4) is 5.75 Å². The number of ketones is 1. The Morgan fingerprint density at radius 3 is 2.35 bits per heavy atom. The van der Waals surface area contributed by atoms with Crippen LogP contribution in [0.1, 0.15) is 24.0 Å². The first-order valence-corrected chi connectivity index (χ1v) is 8.53. The van der Waals surface area contributed by atoms with E-state index in [0.717, 1.165) is 16.9 Å². The molecular formula is C21H18N2O2S. The number of thiocarbonyl (C=S) groups is 1. The molecule has 0 radical (unpaired) electrons. The lowest BCUT2D eigenvalue weighted by Gasteiger charge is -2.30. The summed E-state index contributed by atoms with van der Waals surface area (Å²) in [5, 5.41) is 10.8. The van der Waals surface area contributed by atoms with Crippen LogP contribution in [-0.4, -0.2) is 23.8 Å². The molecule has 4 nitrogen and oxygen atoms in total. The second-order valence-corrected chi connectivity index (χ2v) is 6.32. The Morgan fingerprint density at radius 2 is 1.81 bits per heavy atom. The van der Waals surface area contributed by atoms with Crippen molar-refractivity contribution in [3.05, 3.63) is 76.9 Å². The van der Waals surface area contributed by atoms with Gasteiger partial charge in [0.1, 0.15) is 10.7 Å². The van der Waals surface area contributed by atoms with Crippen molar-refractivity contribution in [2.75, 3.05) is 7.11 Å². The molecule has 0 aromatic heterocycles. The molecule has 26 heavy (non-hydrogen) atoms. The van der Waals surface area contributed by atoms with Gasteiger partial charge in [-0.2, -0.15) is 0 Å². The third-order valence-corrected chi connectivity index (χ3v) is 4.68. The van der Waals surface area contributed by atoms with Crippen LogP contribution in [0.2, 0.25) is 0 Å². The molecular weight excluding hydrogens is 344 g/mol. The van der Waals surface area contributed by atoms with Gasteiger partial charge < -0.3 is 10.1 Å². The summed E-state index contributed by atoms with van der Waals surface area (Å²) in [5.41, 5.74) is 3.48. The zero-order chi connectivity index (χ0) is 18.7. The molecule has 0 bridgehead atoms. The minimum absolute atomic E-state index is 0.0765. The van der Waals surface area contributed by atoms with Crippen LogP contribution < -0.4 is 10.1 Å². The third-order valence-electron chi connectivity index (χ3n) is 4.36. The molecule has 1 unspecified atom stereocenters. The fourth-order valence-corrected chi connectivity index (χ4v) is 3.41. The SMILES string of the molecule is COc1ccc(C2C(=C=N)C(=S)NC(c3ccccc3)=C2C(C)=O)cc1. The number of hydrogen-bond acceptors (Lipinski definition) is 4. The molecule has 2 aromatic carbocycles. The Kier molecular flexibility index (Phi) is 5.12. The van der Waals surface area contributed by atoms with Gasteiger partial charge in [-0.25, -0.2) is 0 Å². The van der Waals surface area contributed by atoms with Gasteiger partial charge in [0.2, 0.25) is 0 Å². The summed E-state index contributed by atoms with van der Waals surface area (Å²) >= 11 is 5.47. The molecule has 5 heteroatoms. The first-order valence-electron chi connectivity index (χ1n) is 8.12. The highest BCUT2D eigenvalue weighted by molar-refractivity contribution is 7.80. The number of carbonyl (C=O) groups excluding carboxylic acids is 1. The van der Waals surface area contributed by atoms with E-state index in [9.17, 15) is 4.79 Å². The van der Waals surface area contributed by atoms with Crippen LogP contribution in [0.25, 0.3) is 5.70 Å². The van der Waals surface area contributed by atoms with Gasteiger partial charge in [0.25, 0.3) is 0 Å². The second kappa shape index (κ2) is 7.48. The Balaban J connectivity index is 2.26. The van der Waals surface area contributed by atoms with Crippen LogP contribution in [0, 0.1) is 5.41 Å². The summed E-state index contributed by atoms with van der Waals surface area (Å²) in [6.07, 6.45) is 0. The lowest BCUT2D eigenvalue weighted by Crippen LogP contribution is -2.35. The molecule has 1 aliphatic heterocycles. The van der Waals surface area contributed by atoms with Crippen molar-refractivity contribution in [1.29, 1.82) is 5.41 Å². The number of hydrogen-bond donors (Lipinski definition) is 2. The highest BCUT2D eigenvalue weighted by Gasteiger charge is 2.34. The fraction of sp³-hybridized carbons (Fsp3) is 0.143. The average Bonchev–Trinajstić information content (AvgIpc) is 2.67. The molecule has 130 valence electrons. The molecule has 0 saturated heterocycles. The molecule has 0 fully saturated rings. The molecule has 0 aliphatic carbocycles. The second-order valence-electron chi connectivity index (χ2n) is 5.91.